The maximum Gasteiger partial charge on any atom is 0.314 e. The van der Waals surface area contributed by atoms with Gasteiger partial charge in [0.1, 0.15) is 5.75 Å². The SMILES string of the molecule is CN(C)[C@H](CNC(=O)NCCc1cn(CC(C)(C)CON)nn1)Cc1ccc(O)cc1. The fraction of sp³-hybridized carbons (Fsp3) is 0.571. The van der Waals surface area contributed by atoms with E-state index in [0.717, 1.165) is 17.7 Å². The second kappa shape index (κ2) is 11.6. The minimum Gasteiger partial charge on any atom is -0.508 e. The number of carbonyl (C=O) groups is 1. The summed E-state index contributed by atoms with van der Waals surface area (Å²) in [6.07, 6.45) is 3.23. The number of amides is 2. The van der Waals surface area contributed by atoms with Crippen molar-refractivity contribution in [2.75, 3.05) is 33.8 Å². The lowest BCUT2D eigenvalue weighted by molar-refractivity contribution is 0.0511. The molecule has 0 aliphatic heterocycles. The molecule has 0 saturated carbocycles. The van der Waals surface area contributed by atoms with E-state index < -0.39 is 0 Å². The lowest BCUT2D eigenvalue weighted by Crippen LogP contribution is -2.45. The minimum atomic E-state index is -0.217. The third kappa shape index (κ3) is 8.91. The lowest BCUT2D eigenvalue weighted by Gasteiger charge is -2.25. The van der Waals surface area contributed by atoms with E-state index in [1.807, 2.05) is 46.3 Å². The van der Waals surface area contributed by atoms with Gasteiger partial charge in [0.25, 0.3) is 0 Å². The summed E-state index contributed by atoms with van der Waals surface area (Å²) in [6, 6.07) is 7.05. The van der Waals surface area contributed by atoms with Crippen LogP contribution in [-0.4, -0.2) is 70.9 Å². The van der Waals surface area contributed by atoms with Gasteiger partial charge in [-0.05, 0) is 38.2 Å². The zero-order valence-electron chi connectivity index (χ0n) is 18.8. The van der Waals surface area contributed by atoms with Crippen LogP contribution in [0.2, 0.25) is 0 Å². The van der Waals surface area contributed by atoms with Crippen molar-refractivity contribution in [1.82, 2.24) is 30.5 Å². The maximum absolute atomic E-state index is 12.2. The predicted octanol–water partition coefficient (Wildman–Crippen LogP) is 0.915. The van der Waals surface area contributed by atoms with Crippen LogP contribution in [-0.2, 0) is 24.2 Å². The molecule has 2 amide bonds. The Kier molecular flexibility index (Phi) is 9.22. The van der Waals surface area contributed by atoms with Gasteiger partial charge < -0.3 is 25.5 Å². The molecule has 0 aliphatic carbocycles. The normalized spacial score (nSPS) is 12.7. The zero-order chi connectivity index (χ0) is 22.9. The molecule has 2 rings (SSSR count). The van der Waals surface area contributed by atoms with Gasteiger partial charge in [0, 0.05) is 37.2 Å². The highest BCUT2D eigenvalue weighted by Crippen LogP contribution is 2.17. The number of urea groups is 1. The Morgan fingerprint density at radius 1 is 1.29 bits per heavy atom. The highest BCUT2D eigenvalue weighted by Gasteiger charge is 2.20. The Hall–Kier alpha value is -2.69. The molecule has 0 unspecified atom stereocenters. The number of likely N-dealkylation sites (N-methyl/N-ethyl adjacent to an activating group) is 1. The van der Waals surface area contributed by atoms with Gasteiger partial charge in [0.05, 0.1) is 18.8 Å². The number of nitrogens with one attached hydrogen (secondary N) is 2. The fourth-order valence-electron chi connectivity index (χ4n) is 3.16. The van der Waals surface area contributed by atoms with Crippen LogP contribution in [0.3, 0.4) is 0 Å². The molecule has 0 spiro atoms. The van der Waals surface area contributed by atoms with Crippen LogP contribution < -0.4 is 16.5 Å². The van der Waals surface area contributed by atoms with Crippen molar-refractivity contribution in [2.24, 2.45) is 11.3 Å². The monoisotopic (exact) mass is 433 g/mol. The maximum atomic E-state index is 12.2. The van der Waals surface area contributed by atoms with Gasteiger partial charge in [-0.1, -0.05) is 31.2 Å². The number of hydrogen-bond acceptors (Lipinski definition) is 7. The van der Waals surface area contributed by atoms with Crippen LogP contribution in [0, 0.1) is 5.41 Å². The van der Waals surface area contributed by atoms with Gasteiger partial charge in [-0.3, -0.25) is 4.68 Å². The van der Waals surface area contributed by atoms with Gasteiger partial charge in [-0.2, -0.15) is 0 Å². The average molecular weight is 434 g/mol. The quantitative estimate of drug-likeness (QED) is 0.366. The Labute approximate surface area is 183 Å². The Morgan fingerprint density at radius 3 is 2.65 bits per heavy atom. The zero-order valence-corrected chi connectivity index (χ0v) is 18.8. The van der Waals surface area contributed by atoms with Crippen molar-refractivity contribution in [2.45, 2.75) is 39.3 Å². The van der Waals surface area contributed by atoms with Crippen molar-refractivity contribution in [3.8, 4) is 5.75 Å². The summed E-state index contributed by atoms with van der Waals surface area (Å²) >= 11 is 0. The van der Waals surface area contributed by atoms with Crippen LogP contribution in [0.4, 0.5) is 4.79 Å². The molecule has 0 saturated heterocycles. The molecule has 0 fully saturated rings. The van der Waals surface area contributed by atoms with Crippen molar-refractivity contribution in [1.29, 1.82) is 0 Å². The van der Waals surface area contributed by atoms with Crippen molar-refractivity contribution in [3.05, 3.63) is 41.7 Å². The van der Waals surface area contributed by atoms with Crippen LogP contribution in [0.25, 0.3) is 0 Å². The van der Waals surface area contributed by atoms with Gasteiger partial charge in [-0.25, -0.2) is 10.7 Å². The number of rotatable bonds is 12. The number of hydrogen-bond donors (Lipinski definition) is 4. The third-order valence-electron chi connectivity index (χ3n) is 4.95. The number of aromatic hydroxyl groups is 1. The van der Waals surface area contributed by atoms with E-state index in [0.29, 0.717) is 32.7 Å². The van der Waals surface area contributed by atoms with E-state index in [1.165, 1.54) is 0 Å². The van der Waals surface area contributed by atoms with E-state index >= 15 is 0 Å². The minimum absolute atomic E-state index is 0.135. The van der Waals surface area contributed by atoms with E-state index in [1.54, 1.807) is 16.8 Å². The molecule has 0 radical (unpaired) electrons. The molecule has 10 heteroatoms. The second-order valence-electron chi connectivity index (χ2n) is 8.76. The number of aromatic nitrogens is 3. The first-order valence-corrected chi connectivity index (χ1v) is 10.4. The first-order chi connectivity index (χ1) is 14.7. The Morgan fingerprint density at radius 2 is 2.00 bits per heavy atom. The molecule has 1 aromatic heterocycles. The van der Waals surface area contributed by atoms with Crippen LogP contribution >= 0.6 is 0 Å². The third-order valence-corrected chi connectivity index (χ3v) is 4.95. The first kappa shape index (κ1) is 24.6. The van der Waals surface area contributed by atoms with Gasteiger partial charge >= 0.3 is 6.03 Å². The molecule has 10 nitrogen and oxygen atoms in total. The summed E-state index contributed by atoms with van der Waals surface area (Å²) in [4.78, 5) is 19.0. The van der Waals surface area contributed by atoms with Gasteiger partial charge in [0.15, 0.2) is 0 Å². The van der Waals surface area contributed by atoms with Crippen LogP contribution in [0.15, 0.2) is 30.5 Å². The van der Waals surface area contributed by atoms with E-state index in [9.17, 15) is 9.90 Å². The molecule has 172 valence electrons. The van der Waals surface area contributed by atoms with E-state index in [4.69, 9.17) is 10.7 Å². The summed E-state index contributed by atoms with van der Waals surface area (Å²) < 4.78 is 1.76. The van der Waals surface area contributed by atoms with Crippen molar-refractivity contribution >= 4 is 6.03 Å². The highest BCUT2D eigenvalue weighted by molar-refractivity contribution is 5.73. The summed E-state index contributed by atoms with van der Waals surface area (Å²) in [6.45, 7) is 6.10. The number of benzene rings is 1. The second-order valence-corrected chi connectivity index (χ2v) is 8.76. The largest absolute Gasteiger partial charge is 0.508 e. The highest BCUT2D eigenvalue weighted by atomic mass is 16.6. The number of nitrogens with two attached hydrogens (primary N) is 1. The van der Waals surface area contributed by atoms with Crippen LogP contribution in [0.1, 0.15) is 25.1 Å². The molecule has 31 heavy (non-hydrogen) atoms. The molecule has 5 N–H and O–H groups in total. The number of nitrogens with zero attached hydrogens (tertiary/aromatic N) is 4. The van der Waals surface area contributed by atoms with Gasteiger partial charge in [0.2, 0.25) is 0 Å². The van der Waals surface area contributed by atoms with E-state index in [2.05, 4.69) is 25.8 Å². The molecule has 1 atom stereocenters. The molecule has 0 aliphatic rings. The van der Waals surface area contributed by atoms with Crippen LogP contribution in [0.5, 0.6) is 5.75 Å². The number of phenolic OH excluding ortho intramolecular Hbond substituents is 1. The number of carbonyl (C=O) groups excluding carboxylic acids is 1. The summed E-state index contributed by atoms with van der Waals surface area (Å²) in [5.74, 6) is 5.41. The Bertz CT molecular complexity index is 806. The first-order valence-electron chi connectivity index (χ1n) is 10.4. The smallest absolute Gasteiger partial charge is 0.314 e. The summed E-state index contributed by atoms with van der Waals surface area (Å²) in [5.41, 5.74) is 1.76. The standard InChI is InChI=1S/C21H35N7O3/c1-21(2,15-31-22)14-28-13-17(25-26-28)9-10-23-20(30)24-12-18(27(3)4)11-16-5-7-19(29)8-6-16/h5-8,13,18,29H,9-12,14-15,22H2,1-4H3,(H2,23,24,30)/t18-/m0/s1. The molecule has 1 aromatic carbocycles. The summed E-state index contributed by atoms with van der Waals surface area (Å²) in [5, 5.41) is 23.5. The van der Waals surface area contributed by atoms with Gasteiger partial charge in [-0.15, -0.1) is 5.10 Å². The summed E-state index contributed by atoms with van der Waals surface area (Å²) in [7, 11) is 3.96. The number of phenols is 1. The molecule has 1 heterocycles. The van der Waals surface area contributed by atoms with Crippen molar-refractivity contribution < 1.29 is 14.7 Å². The van der Waals surface area contributed by atoms with E-state index in [-0.39, 0.29) is 23.2 Å². The molecular formula is C21H35N7O3. The molecule has 0 bridgehead atoms. The van der Waals surface area contributed by atoms with Crippen molar-refractivity contribution in [3.63, 3.8) is 0 Å². The predicted molar refractivity (Wildman–Crippen MR) is 118 cm³/mol. The fourth-order valence-corrected chi connectivity index (χ4v) is 3.16. The lowest BCUT2D eigenvalue weighted by atomic mass is 9.95. The topological polar surface area (TPSA) is 131 Å². The molecular weight excluding hydrogens is 398 g/mol. The Balaban J connectivity index is 1.73. The average Bonchev–Trinajstić information content (AvgIpc) is 3.12. The molecule has 2 aromatic rings.